The summed E-state index contributed by atoms with van der Waals surface area (Å²) in [7, 11) is 0. The molecule has 23 heavy (non-hydrogen) atoms. The third-order valence-corrected chi connectivity index (χ3v) is 4.07. The summed E-state index contributed by atoms with van der Waals surface area (Å²) in [6.07, 6.45) is 0. The molecule has 11 heteroatoms. The van der Waals surface area contributed by atoms with Crippen molar-refractivity contribution in [1.29, 1.82) is 0 Å². The minimum Gasteiger partial charge on any atom is -0.289 e. The fraction of sp³-hybridized carbons (Fsp3) is 1.00. The van der Waals surface area contributed by atoms with Crippen LogP contribution < -0.4 is 0 Å². The average molecular weight is 333 g/mol. The summed E-state index contributed by atoms with van der Waals surface area (Å²) in [5.41, 5.74) is -1.32. The lowest BCUT2D eigenvalue weighted by Gasteiger charge is -2.27. The van der Waals surface area contributed by atoms with E-state index in [-0.39, 0.29) is 26.2 Å². The minimum absolute atomic E-state index is 0.0848. The second-order valence-electron chi connectivity index (χ2n) is 6.49. The first-order chi connectivity index (χ1) is 10.5. The first-order valence-electron chi connectivity index (χ1n) is 7.41. The van der Waals surface area contributed by atoms with Crippen LogP contribution in [0.4, 0.5) is 0 Å². The summed E-state index contributed by atoms with van der Waals surface area (Å²) in [4.78, 5) is 35.2. The van der Waals surface area contributed by atoms with Crippen molar-refractivity contribution in [2.75, 3.05) is 39.3 Å². The van der Waals surface area contributed by atoms with Gasteiger partial charge in [-0.2, -0.15) is 0 Å². The second kappa shape index (κ2) is 7.59. The van der Waals surface area contributed by atoms with E-state index in [2.05, 4.69) is 0 Å². The second-order valence-corrected chi connectivity index (χ2v) is 6.49. The van der Waals surface area contributed by atoms with Crippen molar-refractivity contribution in [2.45, 2.75) is 38.4 Å². The molecule has 2 unspecified atom stereocenters. The highest BCUT2D eigenvalue weighted by molar-refractivity contribution is 4.87. The average Bonchev–Trinajstić information content (AvgIpc) is 2.58. The molecule has 0 N–H and O–H groups in total. The van der Waals surface area contributed by atoms with Crippen LogP contribution in [-0.2, 0) is 0 Å². The number of nitro groups is 3. The quantitative estimate of drug-likeness (QED) is 0.468. The van der Waals surface area contributed by atoms with Gasteiger partial charge >= 0.3 is 0 Å². The Labute approximate surface area is 133 Å². The highest BCUT2D eigenvalue weighted by Gasteiger charge is 2.44. The van der Waals surface area contributed by atoms with Crippen molar-refractivity contribution in [1.82, 2.24) is 9.80 Å². The van der Waals surface area contributed by atoms with E-state index >= 15 is 0 Å². The van der Waals surface area contributed by atoms with Gasteiger partial charge in [-0.1, -0.05) is 0 Å². The van der Waals surface area contributed by atoms with E-state index in [9.17, 15) is 30.3 Å². The van der Waals surface area contributed by atoms with Crippen molar-refractivity contribution >= 4 is 0 Å². The molecule has 1 fully saturated rings. The smallest absolute Gasteiger partial charge is 0.244 e. The zero-order valence-corrected chi connectivity index (χ0v) is 13.6. The molecule has 0 radical (unpaired) electrons. The molecule has 0 aromatic carbocycles. The molecule has 1 heterocycles. The summed E-state index contributed by atoms with van der Waals surface area (Å²) in [5.74, 6) is 0. The Morgan fingerprint density at radius 2 is 1.26 bits per heavy atom. The largest absolute Gasteiger partial charge is 0.289 e. The van der Waals surface area contributed by atoms with E-state index in [1.807, 2.05) is 0 Å². The molecule has 1 saturated heterocycles. The fourth-order valence-corrected chi connectivity index (χ4v) is 2.76. The van der Waals surface area contributed by atoms with Crippen LogP contribution in [-0.4, -0.2) is 81.5 Å². The van der Waals surface area contributed by atoms with Crippen LogP contribution >= 0.6 is 0 Å². The molecule has 1 aliphatic rings. The molecular formula is C12H23N5O6. The minimum atomic E-state index is -1.32. The van der Waals surface area contributed by atoms with Gasteiger partial charge in [0.15, 0.2) is 0 Å². The van der Waals surface area contributed by atoms with Crippen LogP contribution in [0, 0.1) is 30.3 Å². The Morgan fingerprint density at radius 3 is 1.52 bits per heavy atom. The third kappa shape index (κ3) is 5.36. The lowest BCUT2D eigenvalue weighted by molar-refractivity contribution is -0.567. The van der Waals surface area contributed by atoms with Gasteiger partial charge in [-0.15, -0.1) is 0 Å². The molecule has 0 aromatic heterocycles. The first kappa shape index (κ1) is 19.2. The predicted molar refractivity (Wildman–Crippen MR) is 81.2 cm³/mol. The maximum atomic E-state index is 11.4. The molecule has 0 spiro atoms. The van der Waals surface area contributed by atoms with Gasteiger partial charge in [0, 0.05) is 48.6 Å². The van der Waals surface area contributed by atoms with Gasteiger partial charge in [0.1, 0.15) is 0 Å². The zero-order chi connectivity index (χ0) is 17.8. The van der Waals surface area contributed by atoms with Crippen molar-refractivity contribution in [3.05, 3.63) is 30.3 Å². The van der Waals surface area contributed by atoms with Gasteiger partial charge in [0.05, 0.1) is 26.2 Å². The Hall–Kier alpha value is -1.88. The molecule has 1 rings (SSSR count). The summed E-state index contributed by atoms with van der Waals surface area (Å²) >= 11 is 0. The number of nitrogens with zero attached hydrogens (tertiary/aromatic N) is 5. The molecule has 1 aliphatic heterocycles. The molecule has 0 amide bonds. The summed E-state index contributed by atoms with van der Waals surface area (Å²) in [6, 6.07) is -1.65. The summed E-state index contributed by atoms with van der Waals surface area (Å²) < 4.78 is 0. The van der Waals surface area contributed by atoms with E-state index < -0.39 is 32.4 Å². The van der Waals surface area contributed by atoms with Gasteiger partial charge in [0.25, 0.3) is 0 Å². The van der Waals surface area contributed by atoms with Crippen molar-refractivity contribution in [3.63, 3.8) is 0 Å². The van der Waals surface area contributed by atoms with E-state index in [1.165, 1.54) is 20.8 Å². The first-order valence-corrected chi connectivity index (χ1v) is 7.41. The van der Waals surface area contributed by atoms with E-state index in [0.29, 0.717) is 13.1 Å². The van der Waals surface area contributed by atoms with Crippen LogP contribution in [0.5, 0.6) is 0 Å². The molecule has 0 aromatic rings. The summed E-state index contributed by atoms with van der Waals surface area (Å²) in [5, 5.41) is 33.0. The number of hydrogen-bond acceptors (Lipinski definition) is 8. The molecular weight excluding hydrogens is 310 g/mol. The van der Waals surface area contributed by atoms with Crippen molar-refractivity contribution in [2.24, 2.45) is 0 Å². The van der Waals surface area contributed by atoms with Crippen molar-refractivity contribution < 1.29 is 14.8 Å². The molecule has 0 bridgehead atoms. The zero-order valence-electron chi connectivity index (χ0n) is 13.6. The van der Waals surface area contributed by atoms with Crippen molar-refractivity contribution in [3.8, 4) is 0 Å². The number of hydrogen-bond donors (Lipinski definition) is 0. The van der Waals surface area contributed by atoms with E-state index in [1.54, 1.807) is 9.80 Å². The van der Waals surface area contributed by atoms with Gasteiger partial charge in [0.2, 0.25) is 17.6 Å². The Bertz CT molecular complexity index is 441. The van der Waals surface area contributed by atoms with Crippen LogP contribution in [0.1, 0.15) is 20.8 Å². The van der Waals surface area contributed by atoms with Crippen LogP contribution in [0.3, 0.4) is 0 Å². The predicted octanol–water partition coefficient (Wildman–Crippen LogP) is -0.0302. The van der Waals surface area contributed by atoms with Gasteiger partial charge in [-0.3, -0.25) is 40.1 Å². The summed E-state index contributed by atoms with van der Waals surface area (Å²) in [6.45, 7) is 5.62. The standard InChI is InChI=1S/C12H23N5O6/c1-10(15(18)19)6-13-4-5-14(7-11(2)16(20)21)9-12(3,8-13)17(22)23/h10-11H,4-9H2,1-3H3. The Balaban J connectivity index is 2.86. The SMILES string of the molecule is CC(CN1CCN(CC(C)[N+](=O)[O-])CC(C)([N+](=O)[O-])C1)[N+](=O)[O-]. The molecule has 0 aliphatic carbocycles. The van der Waals surface area contributed by atoms with E-state index in [4.69, 9.17) is 0 Å². The molecule has 0 saturated carbocycles. The van der Waals surface area contributed by atoms with Crippen LogP contribution in [0.15, 0.2) is 0 Å². The van der Waals surface area contributed by atoms with Gasteiger partial charge < -0.3 is 0 Å². The lowest BCUT2D eigenvalue weighted by atomic mass is 10.0. The number of rotatable bonds is 7. The Morgan fingerprint density at radius 1 is 0.913 bits per heavy atom. The van der Waals surface area contributed by atoms with Gasteiger partial charge in [-0.05, 0) is 0 Å². The lowest BCUT2D eigenvalue weighted by Crippen LogP contribution is -2.52. The van der Waals surface area contributed by atoms with Crippen LogP contribution in [0.25, 0.3) is 0 Å². The fourth-order valence-electron chi connectivity index (χ4n) is 2.76. The normalized spacial score (nSPS) is 26.2. The maximum absolute atomic E-state index is 11.4. The Kier molecular flexibility index (Phi) is 6.33. The molecule has 132 valence electrons. The third-order valence-electron chi connectivity index (χ3n) is 4.07. The highest BCUT2D eigenvalue weighted by atomic mass is 16.6. The van der Waals surface area contributed by atoms with Gasteiger partial charge in [-0.25, -0.2) is 0 Å². The molecule has 11 nitrogen and oxygen atoms in total. The molecule has 2 atom stereocenters. The monoisotopic (exact) mass is 333 g/mol. The van der Waals surface area contributed by atoms with E-state index in [0.717, 1.165) is 0 Å². The topological polar surface area (TPSA) is 136 Å². The highest BCUT2D eigenvalue weighted by Crippen LogP contribution is 2.18. The van der Waals surface area contributed by atoms with Crippen LogP contribution in [0.2, 0.25) is 0 Å². The maximum Gasteiger partial charge on any atom is 0.244 e.